The van der Waals surface area contributed by atoms with Crippen molar-refractivity contribution < 1.29 is 19.8 Å². The standard InChI is InChI=1S/C29H49NO4/c1-18(2)8-7-9-19(3)23-10-11-24-22-16-26(30-33)29(32)17-21(34-20(4)31)12-15-28(29,6)25(22)13-14-27(23,24)5/h18-19,21-25,32-33H,7-17H2,1-6H3/b30-26-/t19-,21+,22-,23+,24+,25-,27-,28-,29-/m1/s1. The summed E-state index contributed by atoms with van der Waals surface area (Å²) in [5, 5.41) is 25.8. The highest BCUT2D eigenvalue weighted by Crippen LogP contribution is 2.68. The van der Waals surface area contributed by atoms with E-state index in [1.54, 1.807) is 0 Å². The number of rotatable bonds is 6. The quantitative estimate of drug-likeness (QED) is 0.258. The fraction of sp³-hybridized carbons (Fsp3) is 0.931. The number of hydrogen-bond donors (Lipinski definition) is 2. The molecule has 5 heteroatoms. The third-order valence-electron chi connectivity index (χ3n) is 11.3. The molecular weight excluding hydrogens is 426 g/mol. The van der Waals surface area contributed by atoms with Crippen LogP contribution in [-0.4, -0.2) is 33.7 Å². The lowest BCUT2D eigenvalue weighted by atomic mass is 9.42. The Morgan fingerprint density at radius 1 is 1.09 bits per heavy atom. The van der Waals surface area contributed by atoms with E-state index in [1.807, 2.05) is 0 Å². The molecule has 0 radical (unpaired) electrons. The van der Waals surface area contributed by atoms with Crippen molar-refractivity contribution in [1.82, 2.24) is 0 Å². The van der Waals surface area contributed by atoms with Gasteiger partial charge in [-0.3, -0.25) is 4.79 Å². The Balaban J connectivity index is 1.56. The monoisotopic (exact) mass is 475 g/mol. The van der Waals surface area contributed by atoms with Crippen molar-refractivity contribution in [2.75, 3.05) is 0 Å². The van der Waals surface area contributed by atoms with Gasteiger partial charge >= 0.3 is 5.97 Å². The van der Waals surface area contributed by atoms with E-state index < -0.39 is 5.60 Å². The van der Waals surface area contributed by atoms with Gasteiger partial charge in [0.2, 0.25) is 0 Å². The molecular formula is C29H49NO4. The molecule has 0 aromatic rings. The van der Waals surface area contributed by atoms with E-state index in [0.29, 0.717) is 41.7 Å². The van der Waals surface area contributed by atoms with Crippen LogP contribution < -0.4 is 0 Å². The number of carbonyl (C=O) groups excluding carboxylic acids is 1. The maximum atomic E-state index is 12.0. The summed E-state index contributed by atoms with van der Waals surface area (Å²) in [6, 6.07) is 0. The molecule has 9 atom stereocenters. The molecule has 4 aliphatic rings. The molecule has 2 N–H and O–H groups in total. The molecule has 0 aliphatic heterocycles. The maximum Gasteiger partial charge on any atom is 0.302 e. The largest absolute Gasteiger partial charge is 0.462 e. The van der Waals surface area contributed by atoms with Gasteiger partial charge in [-0.2, -0.15) is 0 Å². The number of oxime groups is 1. The first-order chi connectivity index (χ1) is 16.0. The molecule has 0 amide bonds. The Hall–Kier alpha value is -1.10. The van der Waals surface area contributed by atoms with Crippen LogP contribution in [0.25, 0.3) is 0 Å². The van der Waals surface area contributed by atoms with Gasteiger partial charge in [0, 0.05) is 18.8 Å². The van der Waals surface area contributed by atoms with Gasteiger partial charge in [0.25, 0.3) is 0 Å². The minimum absolute atomic E-state index is 0.304. The summed E-state index contributed by atoms with van der Waals surface area (Å²) in [7, 11) is 0. The molecule has 5 nitrogen and oxygen atoms in total. The summed E-state index contributed by atoms with van der Waals surface area (Å²) in [5.74, 6) is 3.53. The number of nitrogens with zero attached hydrogens (tertiary/aromatic N) is 1. The normalized spacial score (nSPS) is 46.0. The molecule has 4 rings (SSSR count). The van der Waals surface area contributed by atoms with E-state index >= 15 is 0 Å². The van der Waals surface area contributed by atoms with Gasteiger partial charge in [0.05, 0.1) is 5.71 Å². The molecule has 0 heterocycles. The first kappa shape index (κ1) is 26.0. The number of esters is 1. The molecule has 0 spiro atoms. The second-order valence-electron chi connectivity index (χ2n) is 13.4. The second-order valence-corrected chi connectivity index (χ2v) is 13.4. The number of fused-ring (bicyclic) bond motifs is 5. The zero-order valence-corrected chi connectivity index (χ0v) is 22.5. The minimum atomic E-state index is -1.20. The topological polar surface area (TPSA) is 79.1 Å². The fourth-order valence-electron chi connectivity index (χ4n) is 9.51. The van der Waals surface area contributed by atoms with E-state index in [9.17, 15) is 15.1 Å². The molecule has 4 aliphatic carbocycles. The van der Waals surface area contributed by atoms with Gasteiger partial charge in [-0.15, -0.1) is 0 Å². The summed E-state index contributed by atoms with van der Waals surface area (Å²) in [6.45, 7) is 13.3. The maximum absolute atomic E-state index is 12.0. The molecule has 194 valence electrons. The molecule has 34 heavy (non-hydrogen) atoms. The molecule has 0 saturated heterocycles. The molecule has 0 aromatic heterocycles. The Morgan fingerprint density at radius 3 is 2.47 bits per heavy atom. The van der Waals surface area contributed by atoms with Crippen molar-refractivity contribution in [3.63, 3.8) is 0 Å². The summed E-state index contributed by atoms with van der Waals surface area (Å²) < 4.78 is 5.52. The lowest BCUT2D eigenvalue weighted by Crippen LogP contribution is -2.67. The van der Waals surface area contributed by atoms with E-state index in [2.05, 4.69) is 39.8 Å². The molecule has 0 unspecified atom stereocenters. The fourth-order valence-corrected chi connectivity index (χ4v) is 9.51. The van der Waals surface area contributed by atoms with Gasteiger partial charge in [0.1, 0.15) is 11.7 Å². The van der Waals surface area contributed by atoms with Crippen molar-refractivity contribution in [3.8, 4) is 0 Å². The second kappa shape index (κ2) is 9.41. The predicted molar refractivity (Wildman–Crippen MR) is 135 cm³/mol. The number of ether oxygens (including phenoxy) is 1. The average Bonchev–Trinajstić information content (AvgIpc) is 3.11. The van der Waals surface area contributed by atoms with Gasteiger partial charge < -0.3 is 15.1 Å². The van der Waals surface area contributed by atoms with Crippen LogP contribution in [-0.2, 0) is 9.53 Å². The Bertz CT molecular complexity index is 795. The lowest BCUT2D eigenvalue weighted by molar-refractivity contribution is -0.183. The van der Waals surface area contributed by atoms with E-state index in [1.165, 1.54) is 45.4 Å². The third kappa shape index (κ3) is 4.12. The van der Waals surface area contributed by atoms with E-state index in [0.717, 1.165) is 37.0 Å². The van der Waals surface area contributed by atoms with Crippen LogP contribution in [0.3, 0.4) is 0 Å². The van der Waals surface area contributed by atoms with Crippen molar-refractivity contribution in [1.29, 1.82) is 0 Å². The Kier molecular flexibility index (Phi) is 7.19. The highest BCUT2D eigenvalue weighted by atomic mass is 16.5. The average molecular weight is 476 g/mol. The van der Waals surface area contributed by atoms with Crippen molar-refractivity contribution in [2.24, 2.45) is 51.5 Å². The zero-order chi connectivity index (χ0) is 24.9. The highest BCUT2D eigenvalue weighted by Gasteiger charge is 2.67. The van der Waals surface area contributed by atoms with Gasteiger partial charge in [-0.25, -0.2) is 0 Å². The minimum Gasteiger partial charge on any atom is -0.462 e. The van der Waals surface area contributed by atoms with Gasteiger partial charge in [-0.1, -0.05) is 59.0 Å². The third-order valence-corrected chi connectivity index (χ3v) is 11.3. The summed E-state index contributed by atoms with van der Waals surface area (Å²) in [5.41, 5.74) is -0.654. The smallest absolute Gasteiger partial charge is 0.302 e. The first-order valence-corrected chi connectivity index (χ1v) is 14.1. The van der Waals surface area contributed by atoms with Crippen LogP contribution in [0.1, 0.15) is 112 Å². The van der Waals surface area contributed by atoms with Crippen molar-refractivity contribution in [2.45, 2.75) is 124 Å². The number of hydrogen-bond acceptors (Lipinski definition) is 5. The molecule has 4 saturated carbocycles. The molecule has 0 bridgehead atoms. The van der Waals surface area contributed by atoms with E-state index in [4.69, 9.17) is 4.74 Å². The van der Waals surface area contributed by atoms with Gasteiger partial charge in [0.15, 0.2) is 0 Å². The summed E-state index contributed by atoms with van der Waals surface area (Å²) in [4.78, 5) is 11.6. The van der Waals surface area contributed by atoms with Crippen LogP contribution in [0.15, 0.2) is 5.16 Å². The predicted octanol–water partition coefficient (Wildman–Crippen LogP) is 6.59. The summed E-state index contributed by atoms with van der Waals surface area (Å²) in [6.07, 6.45) is 11.2. The van der Waals surface area contributed by atoms with Gasteiger partial charge in [-0.05, 0) is 85.9 Å². The lowest BCUT2D eigenvalue weighted by Gasteiger charge is -2.64. The van der Waals surface area contributed by atoms with Crippen molar-refractivity contribution in [3.05, 3.63) is 0 Å². The Morgan fingerprint density at radius 2 is 1.82 bits per heavy atom. The van der Waals surface area contributed by atoms with Crippen LogP contribution in [0.4, 0.5) is 0 Å². The first-order valence-electron chi connectivity index (χ1n) is 14.1. The zero-order valence-electron chi connectivity index (χ0n) is 22.5. The van der Waals surface area contributed by atoms with Crippen LogP contribution in [0.2, 0.25) is 0 Å². The molecule has 4 fully saturated rings. The number of aliphatic hydroxyl groups is 1. The van der Waals surface area contributed by atoms with Crippen LogP contribution in [0.5, 0.6) is 0 Å². The van der Waals surface area contributed by atoms with Crippen molar-refractivity contribution >= 4 is 11.7 Å². The highest BCUT2D eigenvalue weighted by molar-refractivity contribution is 5.94. The van der Waals surface area contributed by atoms with E-state index in [-0.39, 0.29) is 17.5 Å². The number of carbonyl (C=O) groups is 1. The SMILES string of the molecule is CC(=O)O[C@H]1CC[C@]2(C)[C@@H]3CC[C@@]4(C)[C@@H](CC[C@H]4[C@H](C)CCCC(C)C)[C@H]3C/C(=N/O)[C@]2(O)C1. The van der Waals surface area contributed by atoms with Crippen LogP contribution >= 0.6 is 0 Å². The molecule has 0 aromatic carbocycles. The Labute approximate surface area is 207 Å². The summed E-state index contributed by atoms with van der Waals surface area (Å²) >= 11 is 0. The van der Waals surface area contributed by atoms with Crippen LogP contribution in [0, 0.1) is 46.3 Å².